The van der Waals surface area contributed by atoms with Crippen molar-refractivity contribution in [3.8, 4) is 0 Å². The average Bonchev–Trinajstić information content (AvgIpc) is 2.64. The van der Waals surface area contributed by atoms with Gasteiger partial charge in [0, 0.05) is 35.5 Å². The topological polar surface area (TPSA) is 85.8 Å². The molecule has 0 unspecified atom stereocenters. The van der Waals surface area contributed by atoms with E-state index in [0.717, 1.165) is 17.0 Å². The highest BCUT2D eigenvalue weighted by atomic mass is 79.9. The Balaban J connectivity index is 2.15. The number of nitrogens with zero attached hydrogens (tertiary/aromatic N) is 3. The van der Waals surface area contributed by atoms with Crippen molar-refractivity contribution in [2.24, 2.45) is 7.05 Å². The minimum Gasteiger partial charge on any atom is -0.383 e. The maximum Gasteiger partial charge on any atom is 0.255 e. The third kappa shape index (κ3) is 2.82. The Morgan fingerprint density at radius 2 is 2.20 bits per heavy atom. The van der Waals surface area contributed by atoms with E-state index in [2.05, 4.69) is 31.3 Å². The molecule has 3 N–H and O–H groups in total. The van der Waals surface area contributed by atoms with E-state index in [1.807, 2.05) is 20.9 Å². The SMILES string of the molecule is Cc1nn(C)c(C)c1CNC(=O)c1cc(Br)cnc1N. The van der Waals surface area contributed by atoms with Crippen LogP contribution in [0.25, 0.3) is 0 Å². The van der Waals surface area contributed by atoms with Crippen LogP contribution in [-0.2, 0) is 13.6 Å². The third-order valence-electron chi connectivity index (χ3n) is 3.21. The molecule has 0 saturated carbocycles. The van der Waals surface area contributed by atoms with Gasteiger partial charge in [-0.15, -0.1) is 0 Å². The second-order valence-corrected chi connectivity index (χ2v) is 5.46. The molecular formula is C13H16BrN5O. The Kier molecular flexibility index (Phi) is 4.08. The van der Waals surface area contributed by atoms with Crippen molar-refractivity contribution in [3.63, 3.8) is 0 Å². The Morgan fingerprint density at radius 3 is 2.80 bits per heavy atom. The Labute approximate surface area is 125 Å². The van der Waals surface area contributed by atoms with Crippen molar-refractivity contribution in [1.29, 1.82) is 0 Å². The van der Waals surface area contributed by atoms with Gasteiger partial charge in [-0.2, -0.15) is 5.10 Å². The van der Waals surface area contributed by atoms with Crippen molar-refractivity contribution in [2.75, 3.05) is 5.73 Å². The fraction of sp³-hybridized carbons (Fsp3) is 0.308. The Bertz CT molecular complexity index is 665. The highest BCUT2D eigenvalue weighted by Gasteiger charge is 2.14. The van der Waals surface area contributed by atoms with E-state index in [0.29, 0.717) is 16.6 Å². The molecule has 2 heterocycles. The molecule has 0 bridgehead atoms. The normalized spacial score (nSPS) is 10.6. The standard InChI is InChI=1S/C13H16BrN5O/c1-7-11(8(2)19(3)18-7)6-17-13(20)10-4-9(14)5-16-12(10)15/h4-5H,6H2,1-3H3,(H2,15,16)(H,17,20). The highest BCUT2D eigenvalue weighted by Crippen LogP contribution is 2.16. The molecule has 2 aromatic rings. The largest absolute Gasteiger partial charge is 0.383 e. The van der Waals surface area contributed by atoms with Crippen LogP contribution in [0.2, 0.25) is 0 Å². The van der Waals surface area contributed by atoms with Crippen LogP contribution in [0.4, 0.5) is 5.82 Å². The quantitative estimate of drug-likeness (QED) is 0.892. The van der Waals surface area contributed by atoms with E-state index < -0.39 is 0 Å². The number of nitrogens with two attached hydrogens (primary N) is 1. The van der Waals surface area contributed by atoms with Gasteiger partial charge in [-0.1, -0.05) is 0 Å². The molecule has 1 amide bonds. The molecule has 0 aliphatic rings. The second kappa shape index (κ2) is 5.62. The molecule has 0 atom stereocenters. The lowest BCUT2D eigenvalue weighted by Crippen LogP contribution is -2.24. The summed E-state index contributed by atoms with van der Waals surface area (Å²) >= 11 is 3.28. The Morgan fingerprint density at radius 1 is 1.50 bits per heavy atom. The number of nitrogens with one attached hydrogen (secondary N) is 1. The highest BCUT2D eigenvalue weighted by molar-refractivity contribution is 9.10. The average molecular weight is 338 g/mol. The monoisotopic (exact) mass is 337 g/mol. The van der Waals surface area contributed by atoms with Crippen molar-refractivity contribution in [2.45, 2.75) is 20.4 Å². The molecular weight excluding hydrogens is 322 g/mol. The summed E-state index contributed by atoms with van der Waals surface area (Å²) < 4.78 is 2.51. The van der Waals surface area contributed by atoms with Crippen molar-refractivity contribution in [1.82, 2.24) is 20.1 Å². The summed E-state index contributed by atoms with van der Waals surface area (Å²) in [6, 6.07) is 1.65. The zero-order valence-corrected chi connectivity index (χ0v) is 13.2. The molecule has 7 heteroatoms. The molecule has 0 aliphatic heterocycles. The van der Waals surface area contributed by atoms with Gasteiger partial charge in [0.15, 0.2) is 0 Å². The fourth-order valence-electron chi connectivity index (χ4n) is 1.97. The summed E-state index contributed by atoms with van der Waals surface area (Å²) in [5.74, 6) is -0.0377. The Hall–Kier alpha value is -1.89. The molecule has 106 valence electrons. The molecule has 0 spiro atoms. The van der Waals surface area contributed by atoms with E-state index in [1.54, 1.807) is 16.9 Å². The molecule has 0 fully saturated rings. The van der Waals surface area contributed by atoms with Gasteiger partial charge in [-0.3, -0.25) is 9.48 Å². The van der Waals surface area contributed by atoms with Crippen molar-refractivity contribution < 1.29 is 4.79 Å². The van der Waals surface area contributed by atoms with Crippen LogP contribution in [0.5, 0.6) is 0 Å². The summed E-state index contributed by atoms with van der Waals surface area (Å²) in [5.41, 5.74) is 9.03. The number of rotatable bonds is 3. The second-order valence-electron chi connectivity index (χ2n) is 4.54. The maximum atomic E-state index is 12.1. The number of pyridine rings is 1. The predicted octanol–water partition coefficient (Wildman–Crippen LogP) is 1.71. The molecule has 0 aromatic carbocycles. The molecule has 2 aromatic heterocycles. The van der Waals surface area contributed by atoms with Crippen molar-refractivity contribution >= 4 is 27.7 Å². The molecule has 0 saturated heterocycles. The molecule has 6 nitrogen and oxygen atoms in total. The third-order valence-corrected chi connectivity index (χ3v) is 3.65. The minimum absolute atomic E-state index is 0.213. The number of halogens is 1. The number of aryl methyl sites for hydroxylation is 2. The molecule has 2 rings (SSSR count). The number of carbonyl (C=O) groups excluding carboxylic acids is 1. The first-order valence-corrected chi connectivity index (χ1v) is 6.87. The van der Waals surface area contributed by atoms with E-state index in [-0.39, 0.29) is 11.7 Å². The van der Waals surface area contributed by atoms with Gasteiger partial charge in [0.05, 0.1) is 11.3 Å². The lowest BCUT2D eigenvalue weighted by Gasteiger charge is -2.08. The van der Waals surface area contributed by atoms with Crippen LogP contribution in [0.1, 0.15) is 27.3 Å². The number of hydrogen-bond acceptors (Lipinski definition) is 4. The van der Waals surface area contributed by atoms with Gasteiger partial charge >= 0.3 is 0 Å². The fourth-order valence-corrected chi connectivity index (χ4v) is 2.30. The van der Waals surface area contributed by atoms with Crippen LogP contribution in [0.3, 0.4) is 0 Å². The van der Waals surface area contributed by atoms with E-state index in [4.69, 9.17) is 5.73 Å². The first-order chi connectivity index (χ1) is 9.40. The summed E-state index contributed by atoms with van der Waals surface area (Å²) in [6.45, 7) is 4.30. The predicted molar refractivity (Wildman–Crippen MR) is 80.2 cm³/mol. The van der Waals surface area contributed by atoms with Gasteiger partial charge in [0.1, 0.15) is 5.82 Å². The van der Waals surface area contributed by atoms with Crippen LogP contribution in [0, 0.1) is 13.8 Å². The smallest absolute Gasteiger partial charge is 0.255 e. The maximum absolute atomic E-state index is 12.1. The van der Waals surface area contributed by atoms with Crippen LogP contribution < -0.4 is 11.1 Å². The van der Waals surface area contributed by atoms with Gasteiger partial charge in [-0.05, 0) is 35.8 Å². The van der Waals surface area contributed by atoms with Crippen LogP contribution in [0.15, 0.2) is 16.7 Å². The summed E-state index contributed by atoms with van der Waals surface area (Å²) in [5, 5.41) is 7.16. The summed E-state index contributed by atoms with van der Waals surface area (Å²) in [6.07, 6.45) is 1.56. The minimum atomic E-state index is -0.251. The number of amides is 1. The lowest BCUT2D eigenvalue weighted by atomic mass is 10.2. The zero-order chi connectivity index (χ0) is 14.9. The molecule has 0 aliphatic carbocycles. The first-order valence-electron chi connectivity index (χ1n) is 6.08. The number of hydrogen-bond donors (Lipinski definition) is 2. The van der Waals surface area contributed by atoms with Gasteiger partial charge in [0.2, 0.25) is 0 Å². The summed E-state index contributed by atoms with van der Waals surface area (Å²) in [4.78, 5) is 16.1. The van der Waals surface area contributed by atoms with E-state index in [9.17, 15) is 4.79 Å². The van der Waals surface area contributed by atoms with E-state index >= 15 is 0 Å². The number of carbonyl (C=O) groups is 1. The van der Waals surface area contributed by atoms with Crippen LogP contribution in [-0.4, -0.2) is 20.7 Å². The van der Waals surface area contributed by atoms with Crippen LogP contribution >= 0.6 is 15.9 Å². The van der Waals surface area contributed by atoms with E-state index in [1.165, 1.54) is 0 Å². The number of aromatic nitrogens is 3. The first kappa shape index (κ1) is 14.5. The molecule has 20 heavy (non-hydrogen) atoms. The van der Waals surface area contributed by atoms with Gasteiger partial charge in [0.25, 0.3) is 5.91 Å². The molecule has 0 radical (unpaired) electrons. The van der Waals surface area contributed by atoms with Crippen molar-refractivity contribution in [3.05, 3.63) is 39.3 Å². The number of anilines is 1. The zero-order valence-electron chi connectivity index (χ0n) is 11.6. The van der Waals surface area contributed by atoms with Gasteiger partial charge in [-0.25, -0.2) is 4.98 Å². The number of nitrogen functional groups attached to an aromatic ring is 1. The lowest BCUT2D eigenvalue weighted by molar-refractivity contribution is 0.0951. The van der Waals surface area contributed by atoms with Gasteiger partial charge < -0.3 is 11.1 Å². The summed E-state index contributed by atoms with van der Waals surface area (Å²) in [7, 11) is 1.88.